The van der Waals surface area contributed by atoms with Crippen molar-refractivity contribution in [3.63, 3.8) is 0 Å². The van der Waals surface area contributed by atoms with E-state index in [0.717, 1.165) is 24.7 Å². The number of rotatable bonds is 7. The standard InChI is InChI=1S/C12H17FN2OS/c1-17-8-4-2-3-6-15-12(16)10-5-7-14-11(13)9-10/h5,7,9H,2-4,6,8H2,1H3,(H,15,16). The molecule has 5 heteroatoms. The van der Waals surface area contributed by atoms with Gasteiger partial charge in [0, 0.05) is 24.4 Å². The molecule has 94 valence electrons. The lowest BCUT2D eigenvalue weighted by molar-refractivity contribution is 0.0952. The second kappa shape index (κ2) is 8.06. The van der Waals surface area contributed by atoms with Gasteiger partial charge in [-0.25, -0.2) is 4.98 Å². The van der Waals surface area contributed by atoms with Crippen molar-refractivity contribution in [2.45, 2.75) is 19.3 Å². The first-order valence-corrected chi connectivity index (χ1v) is 7.02. The summed E-state index contributed by atoms with van der Waals surface area (Å²) in [4.78, 5) is 15.0. The van der Waals surface area contributed by atoms with Gasteiger partial charge in [-0.05, 0) is 30.9 Å². The van der Waals surface area contributed by atoms with Crippen molar-refractivity contribution in [2.24, 2.45) is 0 Å². The molecule has 0 fully saturated rings. The Hall–Kier alpha value is -1.10. The zero-order chi connectivity index (χ0) is 12.5. The van der Waals surface area contributed by atoms with Crippen LogP contribution in [0.25, 0.3) is 0 Å². The minimum atomic E-state index is -0.627. The minimum absolute atomic E-state index is 0.240. The first-order valence-electron chi connectivity index (χ1n) is 5.62. The molecule has 1 N–H and O–H groups in total. The zero-order valence-corrected chi connectivity index (χ0v) is 10.7. The Kier molecular flexibility index (Phi) is 6.62. The maximum atomic E-state index is 12.8. The molecule has 3 nitrogen and oxygen atoms in total. The summed E-state index contributed by atoms with van der Waals surface area (Å²) in [6.45, 7) is 0.636. The number of amides is 1. The van der Waals surface area contributed by atoms with E-state index in [9.17, 15) is 9.18 Å². The third kappa shape index (κ3) is 5.68. The molecular formula is C12H17FN2OS. The van der Waals surface area contributed by atoms with Gasteiger partial charge in [0.15, 0.2) is 0 Å². The first kappa shape index (κ1) is 14.0. The topological polar surface area (TPSA) is 42.0 Å². The van der Waals surface area contributed by atoms with E-state index in [2.05, 4.69) is 16.6 Å². The molecule has 0 aliphatic heterocycles. The molecule has 1 heterocycles. The lowest BCUT2D eigenvalue weighted by atomic mass is 10.2. The number of aromatic nitrogens is 1. The largest absolute Gasteiger partial charge is 0.352 e. The fourth-order valence-corrected chi connectivity index (χ4v) is 1.89. The molecule has 0 saturated carbocycles. The van der Waals surface area contributed by atoms with Crippen LogP contribution in [0.3, 0.4) is 0 Å². The zero-order valence-electron chi connectivity index (χ0n) is 9.91. The number of nitrogens with zero attached hydrogens (tertiary/aromatic N) is 1. The number of carbonyl (C=O) groups excluding carboxylic acids is 1. The van der Waals surface area contributed by atoms with Crippen LogP contribution in [-0.2, 0) is 0 Å². The van der Waals surface area contributed by atoms with Crippen LogP contribution in [0.4, 0.5) is 4.39 Å². The molecule has 0 radical (unpaired) electrons. The molecule has 1 aromatic rings. The predicted octanol–water partition coefficient (Wildman–Crippen LogP) is 2.48. The summed E-state index contributed by atoms with van der Waals surface area (Å²) in [6, 6.07) is 2.65. The van der Waals surface area contributed by atoms with E-state index in [1.54, 1.807) is 0 Å². The van der Waals surface area contributed by atoms with Gasteiger partial charge in [-0.15, -0.1) is 0 Å². The number of carbonyl (C=O) groups is 1. The normalized spacial score (nSPS) is 10.2. The van der Waals surface area contributed by atoms with E-state index >= 15 is 0 Å². The Morgan fingerprint density at radius 2 is 2.29 bits per heavy atom. The third-order valence-electron chi connectivity index (χ3n) is 2.30. The molecule has 0 unspecified atom stereocenters. The van der Waals surface area contributed by atoms with Gasteiger partial charge >= 0.3 is 0 Å². The molecule has 0 bridgehead atoms. The lowest BCUT2D eigenvalue weighted by Gasteiger charge is -2.04. The highest BCUT2D eigenvalue weighted by molar-refractivity contribution is 7.98. The number of pyridine rings is 1. The molecule has 1 rings (SSSR count). The van der Waals surface area contributed by atoms with Crippen LogP contribution in [-0.4, -0.2) is 29.4 Å². The lowest BCUT2D eigenvalue weighted by Crippen LogP contribution is -2.24. The molecular weight excluding hydrogens is 239 g/mol. The summed E-state index contributed by atoms with van der Waals surface area (Å²) < 4.78 is 12.8. The van der Waals surface area contributed by atoms with Crippen LogP contribution in [0.1, 0.15) is 29.6 Å². The smallest absolute Gasteiger partial charge is 0.251 e. The van der Waals surface area contributed by atoms with Gasteiger partial charge in [0.1, 0.15) is 0 Å². The van der Waals surface area contributed by atoms with Crippen LogP contribution >= 0.6 is 11.8 Å². The fourth-order valence-electron chi connectivity index (χ4n) is 1.40. The van der Waals surface area contributed by atoms with Gasteiger partial charge in [0.2, 0.25) is 5.95 Å². The molecule has 0 aliphatic carbocycles. The molecule has 0 aromatic carbocycles. The van der Waals surface area contributed by atoms with Gasteiger partial charge in [0.05, 0.1) is 0 Å². The van der Waals surface area contributed by atoms with Crippen LogP contribution in [0.15, 0.2) is 18.3 Å². The average molecular weight is 256 g/mol. The molecule has 17 heavy (non-hydrogen) atoms. The summed E-state index contributed by atoms with van der Waals surface area (Å²) in [6.07, 6.45) is 6.61. The summed E-state index contributed by atoms with van der Waals surface area (Å²) in [5, 5.41) is 2.76. The second-order valence-electron chi connectivity index (χ2n) is 3.68. The average Bonchev–Trinajstić information content (AvgIpc) is 2.33. The molecule has 0 aliphatic rings. The Labute approximate surface area is 105 Å². The Bertz CT molecular complexity index is 360. The highest BCUT2D eigenvalue weighted by atomic mass is 32.2. The second-order valence-corrected chi connectivity index (χ2v) is 4.66. The maximum Gasteiger partial charge on any atom is 0.251 e. The van der Waals surface area contributed by atoms with Crippen LogP contribution in [0.2, 0.25) is 0 Å². The molecule has 1 amide bonds. The van der Waals surface area contributed by atoms with Gasteiger partial charge < -0.3 is 5.32 Å². The van der Waals surface area contributed by atoms with Gasteiger partial charge in [0.25, 0.3) is 5.91 Å². The van der Waals surface area contributed by atoms with Crippen molar-refractivity contribution < 1.29 is 9.18 Å². The predicted molar refractivity (Wildman–Crippen MR) is 68.8 cm³/mol. The third-order valence-corrected chi connectivity index (χ3v) is 3.00. The summed E-state index contributed by atoms with van der Waals surface area (Å²) in [5.41, 5.74) is 0.321. The number of thioether (sulfide) groups is 1. The number of halogens is 1. The van der Waals surface area contributed by atoms with Crippen LogP contribution in [0, 0.1) is 5.95 Å². The van der Waals surface area contributed by atoms with E-state index in [1.165, 1.54) is 18.7 Å². The molecule has 0 spiro atoms. The van der Waals surface area contributed by atoms with Crippen molar-refractivity contribution in [1.29, 1.82) is 0 Å². The Morgan fingerprint density at radius 1 is 1.47 bits per heavy atom. The first-order chi connectivity index (χ1) is 8.24. The summed E-state index contributed by atoms with van der Waals surface area (Å²) in [5.74, 6) is 0.289. The van der Waals surface area contributed by atoms with Crippen molar-refractivity contribution >= 4 is 17.7 Å². The SMILES string of the molecule is CSCCCCCNC(=O)c1ccnc(F)c1. The highest BCUT2D eigenvalue weighted by Crippen LogP contribution is 2.02. The van der Waals surface area contributed by atoms with Crippen LogP contribution < -0.4 is 5.32 Å². The van der Waals surface area contributed by atoms with E-state index < -0.39 is 5.95 Å². The number of unbranched alkanes of at least 4 members (excludes halogenated alkanes) is 2. The van der Waals surface area contributed by atoms with Crippen molar-refractivity contribution in [3.05, 3.63) is 29.8 Å². The maximum absolute atomic E-state index is 12.8. The molecule has 0 atom stereocenters. The van der Waals surface area contributed by atoms with Gasteiger partial charge in [-0.1, -0.05) is 6.42 Å². The van der Waals surface area contributed by atoms with Crippen molar-refractivity contribution in [3.8, 4) is 0 Å². The monoisotopic (exact) mass is 256 g/mol. The summed E-state index contributed by atoms with van der Waals surface area (Å²) in [7, 11) is 0. The number of hydrogen-bond acceptors (Lipinski definition) is 3. The van der Waals surface area contributed by atoms with E-state index in [4.69, 9.17) is 0 Å². The van der Waals surface area contributed by atoms with Crippen LogP contribution in [0.5, 0.6) is 0 Å². The van der Waals surface area contributed by atoms with E-state index in [1.807, 2.05) is 11.8 Å². The minimum Gasteiger partial charge on any atom is -0.352 e. The summed E-state index contributed by atoms with van der Waals surface area (Å²) >= 11 is 1.83. The van der Waals surface area contributed by atoms with E-state index in [0.29, 0.717) is 12.1 Å². The van der Waals surface area contributed by atoms with Gasteiger partial charge in [-0.3, -0.25) is 4.79 Å². The Morgan fingerprint density at radius 3 is 3.00 bits per heavy atom. The van der Waals surface area contributed by atoms with Crippen molar-refractivity contribution in [1.82, 2.24) is 10.3 Å². The number of nitrogens with one attached hydrogen (secondary N) is 1. The highest BCUT2D eigenvalue weighted by Gasteiger charge is 2.05. The van der Waals surface area contributed by atoms with Crippen molar-refractivity contribution in [2.75, 3.05) is 18.6 Å². The Balaban J connectivity index is 2.21. The van der Waals surface area contributed by atoms with Gasteiger partial charge in [-0.2, -0.15) is 16.2 Å². The quantitative estimate of drug-likeness (QED) is 0.602. The fraction of sp³-hybridized carbons (Fsp3) is 0.500. The molecule has 1 aromatic heterocycles. The molecule has 0 saturated heterocycles. The van der Waals surface area contributed by atoms with E-state index in [-0.39, 0.29) is 5.91 Å². The number of hydrogen-bond donors (Lipinski definition) is 1.